The molecule has 0 saturated heterocycles. The maximum Gasteiger partial charge on any atom is 0.0468 e. The largest absolute Gasteiger partial charge is 0.310 e. The first-order chi connectivity index (χ1) is 37.0. The SMILES string of the molecule is CC1(C)c2ccccc2-c2cc(N(c3ccc4c(c3)-c3ccccc3C4(C)C)c3ccc4c(c3)C(C)(C)c3cc(N(c5ccc6c(c5)-c5ccccc5C6(C)C)c5ccc6c(c5)C(C)(C)c5ccccc5-6)ccc3-4)ccc21. The van der Waals surface area contributed by atoms with Gasteiger partial charge in [0, 0.05) is 61.2 Å². The fraction of sp³-hybridized carbons (Fsp3) is 0.200. The highest BCUT2D eigenvalue weighted by molar-refractivity contribution is 5.94. The maximum atomic E-state index is 2.53. The summed E-state index contributed by atoms with van der Waals surface area (Å²) < 4.78 is 0. The average Bonchev–Trinajstić information content (AvgIpc) is 4.21. The molecule has 0 fully saturated rings. The summed E-state index contributed by atoms with van der Waals surface area (Å²) in [7, 11) is 0. The Kier molecular flexibility index (Phi) is 9.27. The van der Waals surface area contributed by atoms with Crippen LogP contribution in [0.3, 0.4) is 0 Å². The molecule has 0 heterocycles. The molecule has 374 valence electrons. The van der Waals surface area contributed by atoms with Crippen molar-refractivity contribution in [3.05, 3.63) is 262 Å². The average molecular weight is 993 g/mol. The molecule has 2 heteroatoms. The van der Waals surface area contributed by atoms with Gasteiger partial charge in [-0.2, -0.15) is 0 Å². The van der Waals surface area contributed by atoms with Gasteiger partial charge in [0.2, 0.25) is 0 Å². The van der Waals surface area contributed by atoms with Crippen LogP contribution in [-0.4, -0.2) is 0 Å². The first kappa shape index (κ1) is 46.1. The summed E-state index contributed by atoms with van der Waals surface area (Å²) in [6.07, 6.45) is 0. The van der Waals surface area contributed by atoms with Gasteiger partial charge in [-0.25, -0.2) is 0 Å². The Morgan fingerprint density at radius 3 is 0.675 bits per heavy atom. The lowest BCUT2D eigenvalue weighted by Crippen LogP contribution is -2.19. The quantitative estimate of drug-likeness (QED) is 0.164. The van der Waals surface area contributed by atoms with Gasteiger partial charge in [0.15, 0.2) is 0 Å². The normalized spacial score (nSPS) is 16.7. The van der Waals surface area contributed by atoms with E-state index < -0.39 is 0 Å². The second-order valence-corrected chi connectivity index (χ2v) is 25.4. The molecule has 10 aromatic carbocycles. The molecule has 77 heavy (non-hydrogen) atoms. The number of hydrogen-bond acceptors (Lipinski definition) is 2. The Balaban J connectivity index is 0.881. The van der Waals surface area contributed by atoms with Gasteiger partial charge in [0.05, 0.1) is 0 Å². The van der Waals surface area contributed by atoms with Crippen LogP contribution in [-0.2, 0) is 27.1 Å². The Morgan fingerprint density at radius 1 is 0.182 bits per heavy atom. The molecule has 0 amide bonds. The van der Waals surface area contributed by atoms with Gasteiger partial charge < -0.3 is 9.80 Å². The summed E-state index contributed by atoms with van der Waals surface area (Å²) in [6, 6.07) is 79.4. The molecule has 0 radical (unpaired) electrons. The van der Waals surface area contributed by atoms with Gasteiger partial charge in [-0.15, -0.1) is 0 Å². The van der Waals surface area contributed by atoms with E-state index in [2.05, 4.69) is 285 Å². The van der Waals surface area contributed by atoms with E-state index in [-0.39, 0.29) is 27.1 Å². The van der Waals surface area contributed by atoms with Crippen molar-refractivity contribution in [1.82, 2.24) is 0 Å². The minimum Gasteiger partial charge on any atom is -0.310 e. The molecule has 10 aromatic rings. The summed E-state index contributed by atoms with van der Waals surface area (Å²) in [4.78, 5) is 5.05. The van der Waals surface area contributed by atoms with Crippen LogP contribution in [0.25, 0.3) is 55.6 Å². The van der Waals surface area contributed by atoms with Crippen LogP contribution in [0, 0.1) is 0 Å². The van der Waals surface area contributed by atoms with Crippen molar-refractivity contribution in [1.29, 1.82) is 0 Å². The van der Waals surface area contributed by atoms with Crippen molar-refractivity contribution < 1.29 is 0 Å². The van der Waals surface area contributed by atoms with Crippen LogP contribution in [0.15, 0.2) is 206 Å². The van der Waals surface area contributed by atoms with Crippen molar-refractivity contribution in [3.8, 4) is 55.6 Å². The predicted molar refractivity (Wildman–Crippen MR) is 324 cm³/mol. The van der Waals surface area contributed by atoms with Crippen molar-refractivity contribution >= 4 is 34.1 Å². The molecular weight excluding hydrogens is 929 g/mol. The van der Waals surface area contributed by atoms with Gasteiger partial charge in [-0.1, -0.05) is 203 Å². The lowest BCUT2D eigenvalue weighted by molar-refractivity contribution is 0.659. The van der Waals surface area contributed by atoms with Crippen LogP contribution in [0.1, 0.15) is 125 Å². The molecule has 2 nitrogen and oxygen atoms in total. The Bertz CT molecular complexity index is 4100. The van der Waals surface area contributed by atoms with E-state index in [0.29, 0.717) is 0 Å². The maximum absolute atomic E-state index is 2.53. The van der Waals surface area contributed by atoms with Gasteiger partial charge >= 0.3 is 0 Å². The lowest BCUT2D eigenvalue weighted by atomic mass is 9.81. The van der Waals surface area contributed by atoms with Crippen LogP contribution in [0.5, 0.6) is 0 Å². The Hall–Kier alpha value is -8.20. The minimum absolute atomic E-state index is 0.0811. The third kappa shape index (κ3) is 6.19. The molecule has 5 aliphatic carbocycles. The summed E-state index contributed by atoms with van der Waals surface area (Å²) >= 11 is 0. The first-order valence-electron chi connectivity index (χ1n) is 27.8. The molecule has 0 spiro atoms. The van der Waals surface area contributed by atoms with Crippen molar-refractivity contribution in [2.45, 2.75) is 96.3 Å². The summed E-state index contributed by atoms with van der Waals surface area (Å²) in [5, 5.41) is 0. The number of hydrogen-bond donors (Lipinski definition) is 0. The zero-order valence-electron chi connectivity index (χ0n) is 46.0. The fourth-order valence-electron chi connectivity index (χ4n) is 15.3. The van der Waals surface area contributed by atoms with E-state index in [0.717, 1.165) is 28.4 Å². The highest BCUT2D eigenvalue weighted by Crippen LogP contribution is 2.58. The number of rotatable bonds is 6. The summed E-state index contributed by atoms with van der Waals surface area (Å²) in [5.41, 5.74) is 33.3. The number of fused-ring (bicyclic) bond motifs is 15. The second kappa shape index (κ2) is 15.5. The second-order valence-electron chi connectivity index (χ2n) is 25.4. The number of benzene rings is 10. The molecular formula is C75H64N2. The number of anilines is 6. The summed E-state index contributed by atoms with van der Waals surface area (Å²) in [6.45, 7) is 23.9. The van der Waals surface area contributed by atoms with E-state index in [4.69, 9.17) is 0 Å². The van der Waals surface area contributed by atoms with Gasteiger partial charge in [0.1, 0.15) is 0 Å². The minimum atomic E-state index is -0.307. The van der Waals surface area contributed by atoms with Gasteiger partial charge in [0.25, 0.3) is 0 Å². The number of nitrogens with zero attached hydrogens (tertiary/aromatic N) is 2. The Morgan fingerprint density at radius 2 is 0.377 bits per heavy atom. The van der Waals surface area contributed by atoms with E-state index in [1.165, 1.54) is 117 Å². The van der Waals surface area contributed by atoms with E-state index in [9.17, 15) is 0 Å². The molecule has 0 saturated carbocycles. The van der Waals surface area contributed by atoms with E-state index in [1.807, 2.05) is 0 Å². The van der Waals surface area contributed by atoms with E-state index in [1.54, 1.807) is 0 Å². The third-order valence-electron chi connectivity index (χ3n) is 19.5. The molecule has 0 unspecified atom stereocenters. The third-order valence-corrected chi connectivity index (χ3v) is 19.5. The molecule has 0 bridgehead atoms. The molecule has 0 aliphatic heterocycles. The van der Waals surface area contributed by atoms with Crippen LogP contribution in [0.2, 0.25) is 0 Å². The first-order valence-corrected chi connectivity index (χ1v) is 27.8. The molecule has 0 N–H and O–H groups in total. The van der Waals surface area contributed by atoms with Crippen molar-refractivity contribution in [2.75, 3.05) is 9.80 Å². The Labute approximate surface area is 455 Å². The molecule has 15 rings (SSSR count). The van der Waals surface area contributed by atoms with Crippen molar-refractivity contribution in [3.63, 3.8) is 0 Å². The highest BCUT2D eigenvalue weighted by atomic mass is 15.1. The van der Waals surface area contributed by atoms with Crippen LogP contribution < -0.4 is 9.80 Å². The van der Waals surface area contributed by atoms with Crippen LogP contribution >= 0.6 is 0 Å². The monoisotopic (exact) mass is 993 g/mol. The fourth-order valence-corrected chi connectivity index (χ4v) is 15.3. The van der Waals surface area contributed by atoms with Crippen molar-refractivity contribution in [2.24, 2.45) is 0 Å². The smallest absolute Gasteiger partial charge is 0.0468 e. The molecule has 0 aromatic heterocycles. The standard InChI is InChI=1S/C75H64N2/c1-71(2)62-24-16-12-20-52(62)58-39-45(30-36-65(58)71)76(46-31-37-66-59(40-46)53-21-13-17-25-63(53)72(66,3)4)48-28-34-56-57-35-29-50(44-70(57)75(9,10)69(56)43-48)77(47-32-38-67-60(41-47)54-22-14-18-26-64(54)73(67,5)6)49-27-33-55-51-19-11-15-23-61(51)74(7,8)68(55)42-49/h11-44H,1-10H3. The lowest BCUT2D eigenvalue weighted by Gasteiger charge is -2.31. The van der Waals surface area contributed by atoms with Crippen LogP contribution in [0.4, 0.5) is 34.1 Å². The van der Waals surface area contributed by atoms with Gasteiger partial charge in [-0.05, 0) is 184 Å². The van der Waals surface area contributed by atoms with E-state index >= 15 is 0 Å². The zero-order chi connectivity index (χ0) is 52.7. The zero-order valence-corrected chi connectivity index (χ0v) is 46.0. The molecule has 5 aliphatic rings. The predicted octanol–water partition coefficient (Wildman–Crippen LogP) is 20.2. The topological polar surface area (TPSA) is 6.48 Å². The highest BCUT2D eigenvalue weighted by Gasteiger charge is 2.42. The molecule has 0 atom stereocenters. The van der Waals surface area contributed by atoms with Gasteiger partial charge in [-0.3, -0.25) is 0 Å². The summed E-state index contributed by atoms with van der Waals surface area (Å²) in [5.74, 6) is 0.